The summed E-state index contributed by atoms with van der Waals surface area (Å²) in [6.45, 7) is 7.55. The summed E-state index contributed by atoms with van der Waals surface area (Å²) in [5.74, 6) is 0. The summed E-state index contributed by atoms with van der Waals surface area (Å²) in [5.41, 5.74) is 11.8. The molecule has 0 aliphatic carbocycles. The van der Waals surface area contributed by atoms with E-state index in [1.807, 2.05) is 60.7 Å². The molecule has 0 unspecified atom stereocenters. The zero-order valence-corrected chi connectivity index (χ0v) is 26.7. The maximum atomic E-state index is 10.1. The number of nitrogens with zero attached hydrogens (tertiary/aromatic N) is 5. The smallest absolute Gasteiger partial charge is 0.188 e. The summed E-state index contributed by atoms with van der Waals surface area (Å²) >= 11 is 0. The summed E-state index contributed by atoms with van der Waals surface area (Å²) in [6.07, 6.45) is 0. The standard InChI is InChI=1S/C45H25N5/c1-48-34-21-23-44-40(26-34)38-13-7-9-33(28-47)45(38)49(44)35-10-6-8-32(25-35)30-17-19-31(20-18-30)39-24-29(27-46)16-22-43(39)50-41-14-4-2-11-36(41)37-12-3-5-15-42(37)50/h2-26H. The van der Waals surface area contributed by atoms with Gasteiger partial charge in [0.05, 0.1) is 51.5 Å². The second-order valence-electron chi connectivity index (χ2n) is 12.3. The van der Waals surface area contributed by atoms with E-state index in [2.05, 4.69) is 117 Å². The molecule has 50 heavy (non-hydrogen) atoms. The first-order valence-electron chi connectivity index (χ1n) is 16.3. The highest BCUT2D eigenvalue weighted by atomic mass is 15.0. The van der Waals surface area contributed by atoms with Crippen molar-refractivity contribution >= 4 is 49.3 Å². The lowest BCUT2D eigenvalue weighted by Crippen LogP contribution is -1.98. The molecule has 2 heterocycles. The Hall–Kier alpha value is -7.39. The molecule has 0 atom stereocenters. The van der Waals surface area contributed by atoms with Crippen molar-refractivity contribution in [1.29, 1.82) is 10.5 Å². The van der Waals surface area contributed by atoms with Crippen LogP contribution in [0.4, 0.5) is 5.69 Å². The van der Waals surface area contributed by atoms with Gasteiger partial charge in [-0.3, -0.25) is 0 Å². The van der Waals surface area contributed by atoms with Gasteiger partial charge in [-0.15, -0.1) is 0 Å². The summed E-state index contributed by atoms with van der Waals surface area (Å²) in [5, 5.41) is 24.2. The molecule has 0 fully saturated rings. The Kier molecular flexibility index (Phi) is 6.56. The molecule has 5 heteroatoms. The van der Waals surface area contributed by atoms with E-state index in [4.69, 9.17) is 6.57 Å². The van der Waals surface area contributed by atoms with Crippen molar-refractivity contribution in [2.45, 2.75) is 0 Å². The zero-order valence-electron chi connectivity index (χ0n) is 26.7. The minimum absolute atomic E-state index is 0.564. The van der Waals surface area contributed by atoms with Crippen LogP contribution < -0.4 is 0 Å². The number of aromatic nitrogens is 2. The van der Waals surface area contributed by atoms with E-state index in [0.29, 0.717) is 16.8 Å². The van der Waals surface area contributed by atoms with Crippen molar-refractivity contribution in [3.05, 3.63) is 174 Å². The highest BCUT2D eigenvalue weighted by Crippen LogP contribution is 2.39. The Morgan fingerprint density at radius 3 is 1.90 bits per heavy atom. The number of para-hydroxylation sites is 3. The molecule has 0 spiro atoms. The van der Waals surface area contributed by atoms with Gasteiger partial charge in [0, 0.05) is 27.4 Å². The lowest BCUT2D eigenvalue weighted by atomic mass is 9.97. The van der Waals surface area contributed by atoms with Gasteiger partial charge in [-0.1, -0.05) is 91.0 Å². The van der Waals surface area contributed by atoms with Crippen LogP contribution in [0, 0.1) is 29.2 Å². The number of nitriles is 2. The van der Waals surface area contributed by atoms with Gasteiger partial charge in [0.25, 0.3) is 0 Å². The minimum Gasteiger partial charge on any atom is -0.309 e. The molecule has 0 saturated carbocycles. The minimum atomic E-state index is 0.564. The van der Waals surface area contributed by atoms with Crippen LogP contribution in [0.25, 0.3) is 82.1 Å². The Labute approximate surface area is 288 Å². The normalized spacial score (nSPS) is 11.1. The summed E-state index contributed by atoms with van der Waals surface area (Å²) in [7, 11) is 0. The van der Waals surface area contributed by atoms with E-state index in [-0.39, 0.29) is 0 Å². The first kappa shape index (κ1) is 28.8. The monoisotopic (exact) mass is 635 g/mol. The Morgan fingerprint density at radius 1 is 0.500 bits per heavy atom. The van der Waals surface area contributed by atoms with Crippen molar-refractivity contribution in [3.8, 4) is 45.8 Å². The molecular formula is C45H25N5. The van der Waals surface area contributed by atoms with Gasteiger partial charge in [0.15, 0.2) is 5.69 Å². The molecule has 0 aliphatic heterocycles. The maximum absolute atomic E-state index is 10.1. The number of hydrogen-bond acceptors (Lipinski definition) is 2. The van der Waals surface area contributed by atoms with Gasteiger partial charge in [0.1, 0.15) is 6.07 Å². The second kappa shape index (κ2) is 11.4. The third kappa shape index (κ3) is 4.38. The van der Waals surface area contributed by atoms with Gasteiger partial charge in [0.2, 0.25) is 0 Å². The Balaban J connectivity index is 1.18. The van der Waals surface area contributed by atoms with E-state index >= 15 is 0 Å². The first-order chi connectivity index (χ1) is 24.7. The molecule has 0 saturated heterocycles. The van der Waals surface area contributed by atoms with E-state index in [9.17, 15) is 10.5 Å². The Bertz CT molecular complexity index is 2900. The molecule has 0 amide bonds. The number of benzene rings is 7. The Morgan fingerprint density at radius 2 is 1.18 bits per heavy atom. The van der Waals surface area contributed by atoms with Crippen molar-refractivity contribution in [2.75, 3.05) is 0 Å². The average molecular weight is 636 g/mol. The summed E-state index contributed by atoms with van der Waals surface area (Å²) < 4.78 is 4.42. The van der Waals surface area contributed by atoms with Crippen molar-refractivity contribution in [2.24, 2.45) is 0 Å². The molecular weight excluding hydrogens is 611 g/mol. The molecule has 0 aliphatic rings. The van der Waals surface area contributed by atoms with Gasteiger partial charge >= 0.3 is 0 Å². The molecule has 0 bridgehead atoms. The van der Waals surface area contributed by atoms with E-state index < -0.39 is 0 Å². The molecule has 0 radical (unpaired) electrons. The van der Waals surface area contributed by atoms with Gasteiger partial charge in [-0.25, -0.2) is 4.85 Å². The molecule has 0 N–H and O–H groups in total. The fourth-order valence-corrected chi connectivity index (χ4v) is 7.37. The predicted octanol–water partition coefficient (Wildman–Crippen LogP) is 11.5. The third-order valence-corrected chi connectivity index (χ3v) is 9.60. The molecule has 9 aromatic rings. The lowest BCUT2D eigenvalue weighted by Gasteiger charge is -2.15. The van der Waals surface area contributed by atoms with E-state index in [1.165, 1.54) is 10.8 Å². The average Bonchev–Trinajstić information content (AvgIpc) is 3.70. The van der Waals surface area contributed by atoms with Crippen LogP contribution in [-0.2, 0) is 0 Å². The van der Waals surface area contributed by atoms with Crippen LogP contribution in [0.1, 0.15) is 11.1 Å². The number of fused-ring (bicyclic) bond motifs is 6. The molecule has 9 rings (SSSR count). The SMILES string of the molecule is [C-]#[N+]c1ccc2c(c1)c1cccc(C#N)c1n2-c1cccc(-c2ccc(-c3cc(C#N)ccc3-n3c4ccccc4c4ccccc43)cc2)c1. The molecule has 2 aromatic heterocycles. The predicted molar refractivity (Wildman–Crippen MR) is 202 cm³/mol. The number of hydrogen-bond donors (Lipinski definition) is 0. The van der Waals surface area contributed by atoms with Gasteiger partial charge in [-0.05, 0) is 82.7 Å². The van der Waals surface area contributed by atoms with Crippen LogP contribution in [0.3, 0.4) is 0 Å². The fraction of sp³-hybridized carbons (Fsp3) is 0. The quantitative estimate of drug-likeness (QED) is 0.181. The molecule has 5 nitrogen and oxygen atoms in total. The highest BCUT2D eigenvalue weighted by molar-refractivity contribution is 6.12. The highest BCUT2D eigenvalue weighted by Gasteiger charge is 2.18. The van der Waals surface area contributed by atoms with Crippen LogP contribution in [-0.4, -0.2) is 9.13 Å². The molecule has 230 valence electrons. The van der Waals surface area contributed by atoms with Crippen LogP contribution in [0.5, 0.6) is 0 Å². The van der Waals surface area contributed by atoms with Crippen LogP contribution in [0.15, 0.2) is 152 Å². The van der Waals surface area contributed by atoms with Crippen LogP contribution in [0.2, 0.25) is 0 Å². The third-order valence-electron chi connectivity index (χ3n) is 9.60. The van der Waals surface area contributed by atoms with Crippen molar-refractivity contribution in [3.63, 3.8) is 0 Å². The largest absolute Gasteiger partial charge is 0.309 e. The lowest BCUT2D eigenvalue weighted by molar-refractivity contribution is 1.18. The molecule has 7 aromatic carbocycles. The van der Waals surface area contributed by atoms with E-state index in [0.717, 1.165) is 66.5 Å². The second-order valence-corrected chi connectivity index (χ2v) is 12.3. The first-order valence-corrected chi connectivity index (χ1v) is 16.3. The topological polar surface area (TPSA) is 61.8 Å². The van der Waals surface area contributed by atoms with E-state index in [1.54, 1.807) is 0 Å². The van der Waals surface area contributed by atoms with Crippen molar-refractivity contribution < 1.29 is 0 Å². The van der Waals surface area contributed by atoms with Gasteiger partial charge < -0.3 is 9.13 Å². The fourth-order valence-electron chi connectivity index (χ4n) is 7.37. The summed E-state index contributed by atoms with van der Waals surface area (Å²) in [4.78, 5) is 3.65. The summed E-state index contributed by atoms with van der Waals surface area (Å²) in [6, 6.07) is 55.8. The van der Waals surface area contributed by atoms with Crippen molar-refractivity contribution in [1.82, 2.24) is 9.13 Å². The number of rotatable bonds is 4. The zero-order chi connectivity index (χ0) is 33.8. The maximum Gasteiger partial charge on any atom is 0.188 e. The van der Waals surface area contributed by atoms with Gasteiger partial charge in [-0.2, -0.15) is 10.5 Å². The van der Waals surface area contributed by atoms with Crippen LogP contribution >= 0.6 is 0 Å².